The van der Waals surface area contributed by atoms with Gasteiger partial charge in [-0.25, -0.2) is 9.97 Å². The zero-order valence-electron chi connectivity index (χ0n) is 15.9. The van der Waals surface area contributed by atoms with Crippen molar-refractivity contribution in [3.8, 4) is 11.3 Å². The van der Waals surface area contributed by atoms with Gasteiger partial charge in [0.2, 0.25) is 0 Å². The van der Waals surface area contributed by atoms with E-state index in [1.165, 1.54) is 10.4 Å². The molecule has 0 amide bonds. The lowest BCUT2D eigenvalue weighted by molar-refractivity contribution is 0.390. The summed E-state index contributed by atoms with van der Waals surface area (Å²) in [4.78, 5) is 11.1. The molecule has 138 valence electrons. The quantitative estimate of drug-likeness (QED) is 0.503. The third kappa shape index (κ3) is 3.71. The molecule has 6 heteroatoms. The molecule has 4 aromatic rings. The summed E-state index contributed by atoms with van der Waals surface area (Å²) in [6.45, 7) is 9.21. The molecule has 27 heavy (non-hydrogen) atoms. The monoisotopic (exact) mass is 378 g/mol. The molecule has 3 aromatic heterocycles. The largest absolute Gasteiger partial charge is 0.362 e. The summed E-state index contributed by atoms with van der Waals surface area (Å²) in [5.41, 5.74) is 3.21. The van der Waals surface area contributed by atoms with Gasteiger partial charge < -0.3 is 9.84 Å². The first-order valence-electron chi connectivity index (χ1n) is 8.92. The van der Waals surface area contributed by atoms with Crippen LogP contribution in [0.1, 0.15) is 37.0 Å². The lowest BCUT2D eigenvalue weighted by Crippen LogP contribution is -2.07. The number of anilines is 1. The van der Waals surface area contributed by atoms with Gasteiger partial charge >= 0.3 is 0 Å². The van der Waals surface area contributed by atoms with E-state index < -0.39 is 0 Å². The van der Waals surface area contributed by atoms with Crippen LogP contribution in [0.2, 0.25) is 0 Å². The Hall–Kier alpha value is -2.73. The minimum absolute atomic E-state index is 0.0938. The van der Waals surface area contributed by atoms with Gasteiger partial charge in [-0.3, -0.25) is 0 Å². The fourth-order valence-corrected chi connectivity index (χ4v) is 3.85. The van der Waals surface area contributed by atoms with Crippen LogP contribution in [0.5, 0.6) is 0 Å². The Morgan fingerprint density at radius 1 is 1.07 bits per heavy atom. The van der Waals surface area contributed by atoms with Crippen molar-refractivity contribution in [3.05, 3.63) is 58.9 Å². The maximum Gasteiger partial charge on any atom is 0.156 e. The lowest BCUT2D eigenvalue weighted by atomic mass is 9.94. The van der Waals surface area contributed by atoms with Gasteiger partial charge in [0.05, 0.1) is 11.9 Å². The average molecular weight is 379 g/mol. The predicted molar refractivity (Wildman–Crippen MR) is 110 cm³/mol. The highest BCUT2D eigenvalue weighted by Gasteiger charge is 2.19. The van der Waals surface area contributed by atoms with Gasteiger partial charge in [0.15, 0.2) is 5.76 Å². The zero-order valence-corrected chi connectivity index (χ0v) is 16.7. The predicted octanol–water partition coefficient (Wildman–Crippen LogP) is 5.56. The Bertz CT molecular complexity index is 1070. The SMILES string of the molecule is Cc1ccc(-c2cc(CNc3ncnc4sc(C(C)(C)C)cc34)on2)cc1. The molecule has 0 aliphatic heterocycles. The molecule has 0 saturated carbocycles. The molecule has 3 heterocycles. The van der Waals surface area contributed by atoms with E-state index in [2.05, 4.69) is 78.5 Å². The second-order valence-corrected chi connectivity index (χ2v) is 8.73. The average Bonchev–Trinajstić information content (AvgIpc) is 3.27. The van der Waals surface area contributed by atoms with Crippen LogP contribution in [-0.4, -0.2) is 15.1 Å². The molecular formula is C21H22N4OS. The molecule has 0 aliphatic carbocycles. The van der Waals surface area contributed by atoms with Gasteiger partial charge in [-0.1, -0.05) is 55.8 Å². The van der Waals surface area contributed by atoms with E-state index in [1.807, 2.05) is 6.07 Å². The number of hydrogen-bond acceptors (Lipinski definition) is 6. The summed E-state index contributed by atoms with van der Waals surface area (Å²) >= 11 is 1.72. The maximum atomic E-state index is 5.49. The highest BCUT2D eigenvalue weighted by atomic mass is 32.1. The first-order valence-corrected chi connectivity index (χ1v) is 9.73. The zero-order chi connectivity index (χ0) is 19.0. The number of rotatable bonds is 4. The van der Waals surface area contributed by atoms with Gasteiger partial charge in [-0.2, -0.15) is 0 Å². The Morgan fingerprint density at radius 3 is 2.59 bits per heavy atom. The third-order valence-electron chi connectivity index (χ3n) is 4.40. The normalized spacial score (nSPS) is 11.9. The topological polar surface area (TPSA) is 63.8 Å². The van der Waals surface area contributed by atoms with Crippen LogP contribution in [0, 0.1) is 6.92 Å². The van der Waals surface area contributed by atoms with E-state index in [0.717, 1.165) is 33.1 Å². The fraction of sp³-hybridized carbons (Fsp3) is 0.286. The summed E-state index contributed by atoms with van der Waals surface area (Å²) < 4.78 is 5.49. The number of nitrogens with one attached hydrogen (secondary N) is 1. The lowest BCUT2D eigenvalue weighted by Gasteiger charge is -2.14. The first kappa shape index (κ1) is 17.7. The molecule has 0 radical (unpaired) electrons. The van der Waals surface area contributed by atoms with Gasteiger partial charge in [-0.05, 0) is 18.4 Å². The number of aryl methyl sites for hydroxylation is 1. The maximum absolute atomic E-state index is 5.49. The molecule has 0 spiro atoms. The standard InChI is InChI=1S/C21H22N4OS/c1-13-5-7-14(8-6-13)17-9-15(26-25-17)11-22-19-16-10-18(21(2,3)4)27-20(16)24-12-23-19/h5-10,12H,11H2,1-4H3,(H,22,23,24). The molecule has 0 aliphatic rings. The molecule has 0 fully saturated rings. The van der Waals surface area contributed by atoms with Gasteiger partial charge in [-0.15, -0.1) is 11.3 Å². The van der Waals surface area contributed by atoms with E-state index in [-0.39, 0.29) is 5.41 Å². The highest BCUT2D eigenvalue weighted by Crippen LogP contribution is 2.35. The first-order chi connectivity index (χ1) is 12.9. The summed E-state index contributed by atoms with van der Waals surface area (Å²) in [6.07, 6.45) is 1.60. The summed E-state index contributed by atoms with van der Waals surface area (Å²) in [5, 5.41) is 8.59. The molecule has 1 N–H and O–H groups in total. The number of nitrogens with zero attached hydrogens (tertiary/aromatic N) is 3. The second kappa shape index (κ2) is 6.78. The van der Waals surface area contributed by atoms with Crippen molar-refractivity contribution >= 4 is 27.4 Å². The molecule has 1 aromatic carbocycles. The van der Waals surface area contributed by atoms with Crippen molar-refractivity contribution in [2.24, 2.45) is 0 Å². The Labute approximate surface area is 162 Å². The summed E-state index contributed by atoms with van der Waals surface area (Å²) in [6, 6.07) is 12.4. The molecule has 0 bridgehead atoms. The molecular weight excluding hydrogens is 356 g/mol. The summed E-state index contributed by atoms with van der Waals surface area (Å²) in [7, 11) is 0. The number of aromatic nitrogens is 3. The van der Waals surface area contributed by atoms with Crippen molar-refractivity contribution in [3.63, 3.8) is 0 Å². The van der Waals surface area contributed by atoms with Crippen LogP contribution in [0.15, 0.2) is 47.2 Å². The Balaban J connectivity index is 1.54. The second-order valence-electron chi connectivity index (χ2n) is 7.70. The number of hydrogen-bond donors (Lipinski definition) is 1. The number of benzene rings is 1. The molecule has 0 saturated heterocycles. The van der Waals surface area contributed by atoms with Crippen LogP contribution in [-0.2, 0) is 12.0 Å². The van der Waals surface area contributed by atoms with E-state index in [9.17, 15) is 0 Å². The van der Waals surface area contributed by atoms with Gasteiger partial charge in [0.25, 0.3) is 0 Å². The molecule has 0 unspecified atom stereocenters. The van der Waals surface area contributed by atoms with Gasteiger partial charge in [0.1, 0.15) is 22.7 Å². The van der Waals surface area contributed by atoms with Crippen molar-refractivity contribution in [1.29, 1.82) is 0 Å². The Morgan fingerprint density at radius 2 is 1.85 bits per heavy atom. The van der Waals surface area contributed by atoms with Gasteiger partial charge in [0, 0.05) is 16.5 Å². The van der Waals surface area contributed by atoms with Crippen LogP contribution < -0.4 is 5.32 Å². The van der Waals surface area contributed by atoms with E-state index in [1.54, 1.807) is 17.7 Å². The van der Waals surface area contributed by atoms with Crippen molar-refractivity contribution < 1.29 is 4.52 Å². The van der Waals surface area contributed by atoms with E-state index in [4.69, 9.17) is 4.52 Å². The fourth-order valence-electron chi connectivity index (χ4n) is 2.79. The van der Waals surface area contributed by atoms with Crippen molar-refractivity contribution in [2.75, 3.05) is 5.32 Å². The summed E-state index contributed by atoms with van der Waals surface area (Å²) in [5.74, 6) is 1.59. The smallest absolute Gasteiger partial charge is 0.156 e. The van der Waals surface area contributed by atoms with Crippen molar-refractivity contribution in [2.45, 2.75) is 39.7 Å². The molecule has 0 atom stereocenters. The van der Waals surface area contributed by atoms with Crippen LogP contribution >= 0.6 is 11.3 Å². The van der Waals surface area contributed by atoms with Crippen LogP contribution in [0.3, 0.4) is 0 Å². The van der Waals surface area contributed by atoms with E-state index in [0.29, 0.717) is 6.54 Å². The number of thiophene rings is 1. The Kier molecular flexibility index (Phi) is 4.44. The van der Waals surface area contributed by atoms with E-state index >= 15 is 0 Å². The highest BCUT2D eigenvalue weighted by molar-refractivity contribution is 7.18. The van der Waals surface area contributed by atoms with Crippen molar-refractivity contribution in [1.82, 2.24) is 15.1 Å². The molecule has 5 nitrogen and oxygen atoms in total. The minimum atomic E-state index is 0.0938. The third-order valence-corrected chi connectivity index (χ3v) is 5.87. The number of fused-ring (bicyclic) bond motifs is 1. The molecule has 4 rings (SSSR count). The minimum Gasteiger partial charge on any atom is -0.362 e. The van der Waals surface area contributed by atoms with Crippen LogP contribution in [0.25, 0.3) is 21.5 Å². The van der Waals surface area contributed by atoms with Crippen LogP contribution in [0.4, 0.5) is 5.82 Å².